The van der Waals surface area contributed by atoms with Crippen molar-refractivity contribution in [2.24, 2.45) is 0 Å². The maximum Gasteiger partial charge on any atom is 0.123 e. The van der Waals surface area contributed by atoms with Gasteiger partial charge in [0.1, 0.15) is 5.82 Å². The standard InChI is InChI=1S/C13H15F/c1-4-11(8-10(2)3)12-6-5-7-13(14)9-12/h5-9H,2,4H2,1,3H3/b11-8+. The molecular weight excluding hydrogens is 175 g/mol. The van der Waals surface area contributed by atoms with Gasteiger partial charge in [0.15, 0.2) is 0 Å². The molecule has 0 radical (unpaired) electrons. The largest absolute Gasteiger partial charge is 0.207 e. The van der Waals surface area contributed by atoms with Gasteiger partial charge in [-0.15, -0.1) is 0 Å². The molecular formula is C13H15F. The number of hydrogen-bond donors (Lipinski definition) is 0. The molecule has 0 amide bonds. The molecule has 0 nitrogen and oxygen atoms in total. The van der Waals surface area contributed by atoms with E-state index in [1.165, 1.54) is 6.07 Å². The van der Waals surface area contributed by atoms with Crippen molar-refractivity contribution in [2.75, 3.05) is 0 Å². The van der Waals surface area contributed by atoms with Crippen LogP contribution in [0.1, 0.15) is 25.8 Å². The SMILES string of the molecule is C=C(C)/C=C(\CC)c1cccc(F)c1. The van der Waals surface area contributed by atoms with E-state index in [0.29, 0.717) is 0 Å². The van der Waals surface area contributed by atoms with Gasteiger partial charge in [-0.2, -0.15) is 0 Å². The van der Waals surface area contributed by atoms with Crippen molar-refractivity contribution in [3.63, 3.8) is 0 Å². The zero-order valence-corrected chi connectivity index (χ0v) is 8.68. The van der Waals surface area contributed by atoms with Crippen molar-refractivity contribution < 1.29 is 4.39 Å². The molecule has 0 fully saturated rings. The lowest BCUT2D eigenvalue weighted by molar-refractivity contribution is 0.627. The predicted molar refractivity (Wildman–Crippen MR) is 59.5 cm³/mol. The van der Waals surface area contributed by atoms with Crippen LogP contribution in [0.3, 0.4) is 0 Å². The fourth-order valence-corrected chi connectivity index (χ4v) is 1.38. The molecule has 1 rings (SSSR count). The second-order valence-corrected chi connectivity index (χ2v) is 3.38. The summed E-state index contributed by atoms with van der Waals surface area (Å²) in [5.41, 5.74) is 3.05. The molecule has 0 saturated carbocycles. The molecule has 0 bridgehead atoms. The van der Waals surface area contributed by atoms with Gasteiger partial charge < -0.3 is 0 Å². The van der Waals surface area contributed by atoms with Crippen LogP contribution in [0.25, 0.3) is 5.57 Å². The first kappa shape index (κ1) is 10.7. The lowest BCUT2D eigenvalue weighted by Gasteiger charge is -2.05. The van der Waals surface area contributed by atoms with E-state index in [0.717, 1.165) is 23.1 Å². The van der Waals surface area contributed by atoms with Gasteiger partial charge in [-0.3, -0.25) is 0 Å². The molecule has 0 spiro atoms. The van der Waals surface area contributed by atoms with Gasteiger partial charge in [0.25, 0.3) is 0 Å². The third kappa shape index (κ3) is 2.84. The highest BCUT2D eigenvalue weighted by Crippen LogP contribution is 2.20. The van der Waals surface area contributed by atoms with Crippen molar-refractivity contribution in [1.82, 2.24) is 0 Å². The Morgan fingerprint density at radius 3 is 2.71 bits per heavy atom. The predicted octanol–water partition coefficient (Wildman–Crippen LogP) is 4.20. The molecule has 14 heavy (non-hydrogen) atoms. The third-order valence-corrected chi connectivity index (χ3v) is 2.00. The maximum atomic E-state index is 13.0. The lowest BCUT2D eigenvalue weighted by Crippen LogP contribution is -1.85. The minimum Gasteiger partial charge on any atom is -0.207 e. The van der Waals surface area contributed by atoms with Crippen LogP contribution in [-0.2, 0) is 0 Å². The first-order valence-electron chi connectivity index (χ1n) is 4.75. The zero-order chi connectivity index (χ0) is 10.6. The molecule has 0 saturated heterocycles. The fraction of sp³-hybridized carbons (Fsp3) is 0.231. The molecule has 1 aromatic rings. The molecule has 0 aliphatic carbocycles. The fourth-order valence-electron chi connectivity index (χ4n) is 1.38. The van der Waals surface area contributed by atoms with Gasteiger partial charge in [-0.05, 0) is 36.6 Å². The van der Waals surface area contributed by atoms with Crippen molar-refractivity contribution in [3.8, 4) is 0 Å². The van der Waals surface area contributed by atoms with Gasteiger partial charge in [0, 0.05) is 0 Å². The van der Waals surface area contributed by atoms with Gasteiger partial charge in [0.2, 0.25) is 0 Å². The molecule has 1 aromatic carbocycles. The number of halogens is 1. The summed E-state index contributed by atoms with van der Waals surface area (Å²) in [4.78, 5) is 0. The summed E-state index contributed by atoms with van der Waals surface area (Å²) in [6.45, 7) is 7.82. The van der Waals surface area contributed by atoms with Crippen molar-refractivity contribution in [3.05, 3.63) is 53.9 Å². The van der Waals surface area contributed by atoms with Crippen LogP contribution < -0.4 is 0 Å². The van der Waals surface area contributed by atoms with E-state index in [2.05, 4.69) is 13.5 Å². The van der Waals surface area contributed by atoms with E-state index in [1.807, 2.05) is 19.1 Å². The van der Waals surface area contributed by atoms with Gasteiger partial charge in [-0.25, -0.2) is 4.39 Å². The molecule has 74 valence electrons. The second kappa shape index (κ2) is 4.75. The van der Waals surface area contributed by atoms with Crippen LogP contribution in [0.4, 0.5) is 4.39 Å². The Balaban J connectivity index is 3.07. The van der Waals surface area contributed by atoms with E-state index in [9.17, 15) is 4.39 Å². The Labute approximate surface area is 84.8 Å². The van der Waals surface area contributed by atoms with Crippen LogP contribution >= 0.6 is 0 Å². The Bertz CT molecular complexity index is 361. The highest BCUT2D eigenvalue weighted by atomic mass is 19.1. The number of benzene rings is 1. The number of hydrogen-bond acceptors (Lipinski definition) is 0. The first-order chi connectivity index (χ1) is 6.63. The normalized spacial score (nSPS) is 11.5. The van der Waals surface area contributed by atoms with Crippen LogP contribution in [0.5, 0.6) is 0 Å². The monoisotopic (exact) mass is 190 g/mol. The number of allylic oxidation sites excluding steroid dienone is 3. The Morgan fingerprint density at radius 1 is 1.50 bits per heavy atom. The minimum absolute atomic E-state index is 0.191. The van der Waals surface area contributed by atoms with E-state index >= 15 is 0 Å². The molecule has 0 unspecified atom stereocenters. The van der Waals surface area contributed by atoms with E-state index in [4.69, 9.17) is 0 Å². The molecule has 0 aromatic heterocycles. The van der Waals surface area contributed by atoms with Crippen LogP contribution in [0, 0.1) is 5.82 Å². The van der Waals surface area contributed by atoms with Crippen LogP contribution in [0.2, 0.25) is 0 Å². The molecule has 0 heterocycles. The lowest BCUT2D eigenvalue weighted by atomic mass is 10.0. The summed E-state index contributed by atoms with van der Waals surface area (Å²) in [7, 11) is 0. The molecule has 0 atom stereocenters. The highest BCUT2D eigenvalue weighted by molar-refractivity contribution is 5.67. The quantitative estimate of drug-likeness (QED) is 0.627. The van der Waals surface area contributed by atoms with Crippen molar-refractivity contribution >= 4 is 5.57 Å². The van der Waals surface area contributed by atoms with E-state index in [-0.39, 0.29) is 5.82 Å². The Hall–Kier alpha value is -1.37. The zero-order valence-electron chi connectivity index (χ0n) is 8.68. The summed E-state index contributed by atoms with van der Waals surface area (Å²) >= 11 is 0. The summed E-state index contributed by atoms with van der Waals surface area (Å²) in [6, 6.07) is 6.66. The molecule has 1 heteroatoms. The molecule has 0 aliphatic rings. The average molecular weight is 190 g/mol. The summed E-state index contributed by atoms with van der Waals surface area (Å²) in [5.74, 6) is -0.191. The Kier molecular flexibility index (Phi) is 3.63. The van der Waals surface area contributed by atoms with E-state index < -0.39 is 0 Å². The summed E-state index contributed by atoms with van der Waals surface area (Å²) in [6.07, 6.45) is 2.88. The second-order valence-electron chi connectivity index (χ2n) is 3.38. The molecule has 0 aliphatic heterocycles. The minimum atomic E-state index is -0.191. The maximum absolute atomic E-state index is 13.0. The van der Waals surface area contributed by atoms with Crippen LogP contribution in [0.15, 0.2) is 42.5 Å². The topological polar surface area (TPSA) is 0 Å². The number of rotatable bonds is 3. The van der Waals surface area contributed by atoms with Gasteiger partial charge in [0.05, 0.1) is 0 Å². The first-order valence-corrected chi connectivity index (χ1v) is 4.75. The van der Waals surface area contributed by atoms with Gasteiger partial charge >= 0.3 is 0 Å². The van der Waals surface area contributed by atoms with E-state index in [1.54, 1.807) is 12.1 Å². The Morgan fingerprint density at radius 2 is 2.21 bits per heavy atom. The summed E-state index contributed by atoms with van der Waals surface area (Å²) < 4.78 is 13.0. The summed E-state index contributed by atoms with van der Waals surface area (Å²) in [5, 5.41) is 0. The van der Waals surface area contributed by atoms with Crippen molar-refractivity contribution in [1.29, 1.82) is 0 Å². The smallest absolute Gasteiger partial charge is 0.123 e. The molecule has 0 N–H and O–H groups in total. The average Bonchev–Trinajstić information content (AvgIpc) is 2.14. The van der Waals surface area contributed by atoms with Crippen LogP contribution in [-0.4, -0.2) is 0 Å². The highest BCUT2D eigenvalue weighted by Gasteiger charge is 1.99. The van der Waals surface area contributed by atoms with Gasteiger partial charge in [-0.1, -0.05) is 37.3 Å². The third-order valence-electron chi connectivity index (χ3n) is 2.00. The van der Waals surface area contributed by atoms with Crippen molar-refractivity contribution in [2.45, 2.75) is 20.3 Å².